The third-order valence-corrected chi connectivity index (χ3v) is 8.82. The molecule has 9 atom stereocenters. The molecule has 4 saturated heterocycles. The molecule has 10 heteroatoms. The molecule has 198 valence electrons. The van der Waals surface area contributed by atoms with Crippen LogP contribution < -0.4 is 5.32 Å². The molecule has 6 fully saturated rings. The van der Waals surface area contributed by atoms with Crippen molar-refractivity contribution in [1.82, 2.24) is 10.4 Å². The molecule has 0 aromatic heterocycles. The first kappa shape index (κ1) is 23.8. The SMILES string of the molecule is O=C1OC2CC3(C(=O)NCCO)C(ON(Cc4ccc(C=CC5CCC6OC6C5)cc4)C13)C1OCOC21. The van der Waals surface area contributed by atoms with E-state index in [9.17, 15) is 14.7 Å². The number of amides is 1. The average molecular weight is 513 g/mol. The highest BCUT2D eigenvalue weighted by Crippen LogP contribution is 2.55. The number of carbonyl (C=O) groups excluding carboxylic acids is 2. The van der Waals surface area contributed by atoms with Crippen LogP contribution in [-0.2, 0) is 39.9 Å². The lowest BCUT2D eigenvalue weighted by Gasteiger charge is -2.48. The van der Waals surface area contributed by atoms with E-state index in [4.69, 9.17) is 23.8 Å². The summed E-state index contributed by atoms with van der Waals surface area (Å²) in [6, 6.07) is 7.21. The van der Waals surface area contributed by atoms with Crippen molar-refractivity contribution in [1.29, 1.82) is 0 Å². The molecule has 2 saturated carbocycles. The van der Waals surface area contributed by atoms with Crippen LogP contribution in [0.3, 0.4) is 0 Å². The number of benzene rings is 1. The van der Waals surface area contributed by atoms with Gasteiger partial charge in [0.25, 0.3) is 0 Å². The topological polar surface area (TPSA) is 119 Å². The number of allylic oxidation sites excluding steroid dienone is 1. The van der Waals surface area contributed by atoms with Crippen LogP contribution in [0.5, 0.6) is 0 Å². The zero-order valence-corrected chi connectivity index (χ0v) is 20.5. The third-order valence-electron chi connectivity index (χ3n) is 8.82. The molecular formula is C27H32N2O8. The molecule has 0 radical (unpaired) electrons. The first-order valence-corrected chi connectivity index (χ1v) is 13.3. The summed E-state index contributed by atoms with van der Waals surface area (Å²) in [6.45, 7) is 0.264. The molecule has 6 aliphatic rings. The fraction of sp³-hybridized carbons (Fsp3) is 0.630. The van der Waals surface area contributed by atoms with Gasteiger partial charge < -0.3 is 29.4 Å². The van der Waals surface area contributed by atoms with Crippen LogP contribution in [-0.4, -0.2) is 84.7 Å². The number of epoxide rings is 1. The molecule has 37 heavy (non-hydrogen) atoms. The molecule has 9 unspecified atom stereocenters. The van der Waals surface area contributed by atoms with Crippen molar-refractivity contribution in [3.05, 3.63) is 41.5 Å². The number of hydrogen-bond acceptors (Lipinski definition) is 9. The van der Waals surface area contributed by atoms with E-state index in [1.165, 1.54) is 6.42 Å². The number of esters is 1. The first-order chi connectivity index (χ1) is 18.1. The van der Waals surface area contributed by atoms with Crippen molar-refractivity contribution in [2.45, 2.75) is 74.9 Å². The number of nitrogens with zero attached hydrogens (tertiary/aromatic N) is 1. The lowest BCUT2D eigenvalue weighted by atomic mass is 9.62. The van der Waals surface area contributed by atoms with E-state index in [-0.39, 0.29) is 32.3 Å². The molecule has 1 aromatic carbocycles. The van der Waals surface area contributed by atoms with Gasteiger partial charge in [-0.1, -0.05) is 36.4 Å². The summed E-state index contributed by atoms with van der Waals surface area (Å²) < 4.78 is 22.9. The highest BCUT2D eigenvalue weighted by Gasteiger charge is 2.74. The zero-order valence-electron chi connectivity index (χ0n) is 20.5. The Bertz CT molecular complexity index is 1090. The number of fused-ring (bicyclic) bond motifs is 5. The van der Waals surface area contributed by atoms with Crippen molar-refractivity contribution >= 4 is 18.0 Å². The molecular weight excluding hydrogens is 480 g/mol. The van der Waals surface area contributed by atoms with Gasteiger partial charge in [-0.05, 0) is 36.3 Å². The van der Waals surface area contributed by atoms with Gasteiger partial charge in [-0.15, -0.1) is 0 Å². The third kappa shape index (κ3) is 3.93. The standard InChI is InChI=1S/C27H32N2O8/c30-10-9-28-26(32)27-12-20-21-22(34-14-33-21)24(27)37-29(23(27)25(31)36-20)13-17-5-2-15(3-6-17)1-4-16-7-8-18-19(11-16)35-18/h1-6,16,18-24,30H,7-14H2,(H,28,32). The van der Waals surface area contributed by atoms with Crippen molar-refractivity contribution in [2.75, 3.05) is 19.9 Å². The number of rotatable bonds is 7. The van der Waals surface area contributed by atoms with Crippen LogP contribution in [0.15, 0.2) is 30.3 Å². The minimum absolute atomic E-state index is 0.0619. The van der Waals surface area contributed by atoms with Crippen molar-refractivity contribution in [3.8, 4) is 0 Å². The van der Waals surface area contributed by atoms with Gasteiger partial charge in [-0.25, -0.2) is 0 Å². The number of ether oxygens (including phenoxy) is 4. The number of hydrogen-bond donors (Lipinski definition) is 2. The van der Waals surface area contributed by atoms with Crippen LogP contribution in [0.1, 0.15) is 36.8 Å². The molecule has 4 heterocycles. The van der Waals surface area contributed by atoms with E-state index in [0.717, 1.165) is 24.0 Å². The number of aliphatic hydroxyl groups is 1. The van der Waals surface area contributed by atoms with Crippen molar-refractivity contribution in [2.24, 2.45) is 11.3 Å². The molecule has 1 amide bonds. The molecule has 2 aliphatic carbocycles. The lowest BCUT2D eigenvalue weighted by molar-refractivity contribution is -0.201. The van der Waals surface area contributed by atoms with Crippen LogP contribution in [0.2, 0.25) is 0 Å². The minimum Gasteiger partial charge on any atom is -0.458 e. The smallest absolute Gasteiger partial charge is 0.327 e. The van der Waals surface area contributed by atoms with E-state index in [2.05, 4.69) is 29.6 Å². The zero-order chi connectivity index (χ0) is 25.1. The average Bonchev–Trinajstić information content (AvgIpc) is 3.34. The van der Waals surface area contributed by atoms with Gasteiger partial charge in [0.05, 0.1) is 25.4 Å². The van der Waals surface area contributed by atoms with Crippen molar-refractivity contribution < 1.29 is 38.5 Å². The molecule has 1 aromatic rings. The van der Waals surface area contributed by atoms with E-state index in [1.807, 2.05) is 12.1 Å². The Balaban J connectivity index is 1.11. The van der Waals surface area contributed by atoms with Crippen LogP contribution in [0.4, 0.5) is 0 Å². The summed E-state index contributed by atoms with van der Waals surface area (Å²) in [5.74, 6) is -0.272. The Morgan fingerprint density at radius 3 is 2.78 bits per heavy atom. The Hall–Kier alpha value is -2.34. The number of carbonyl (C=O) groups is 2. The second-order valence-electron chi connectivity index (χ2n) is 11.0. The monoisotopic (exact) mass is 512 g/mol. The van der Waals surface area contributed by atoms with Gasteiger partial charge in [0.15, 0.2) is 6.04 Å². The van der Waals surface area contributed by atoms with Crippen LogP contribution in [0.25, 0.3) is 6.08 Å². The minimum atomic E-state index is -1.18. The van der Waals surface area contributed by atoms with Gasteiger partial charge in [-0.3, -0.25) is 14.4 Å². The van der Waals surface area contributed by atoms with E-state index in [1.54, 1.807) is 5.06 Å². The first-order valence-electron chi connectivity index (χ1n) is 13.3. The van der Waals surface area contributed by atoms with Gasteiger partial charge in [0.2, 0.25) is 5.91 Å². The Morgan fingerprint density at radius 1 is 1.14 bits per heavy atom. The summed E-state index contributed by atoms with van der Waals surface area (Å²) in [5, 5.41) is 13.6. The van der Waals surface area contributed by atoms with Crippen molar-refractivity contribution in [3.63, 3.8) is 0 Å². The van der Waals surface area contributed by atoms with Gasteiger partial charge in [0, 0.05) is 13.0 Å². The predicted molar refractivity (Wildman–Crippen MR) is 127 cm³/mol. The summed E-state index contributed by atoms with van der Waals surface area (Å²) in [5.41, 5.74) is 0.873. The number of nitrogens with one attached hydrogen (secondary N) is 1. The highest BCUT2D eigenvalue weighted by molar-refractivity contribution is 5.93. The highest BCUT2D eigenvalue weighted by atomic mass is 16.8. The van der Waals surface area contributed by atoms with E-state index < -0.39 is 41.8 Å². The molecule has 4 aliphatic heterocycles. The van der Waals surface area contributed by atoms with E-state index >= 15 is 0 Å². The Labute approximate surface area is 214 Å². The Morgan fingerprint density at radius 2 is 1.97 bits per heavy atom. The van der Waals surface area contributed by atoms with E-state index in [0.29, 0.717) is 24.7 Å². The number of hydroxylamine groups is 2. The second-order valence-corrected chi connectivity index (χ2v) is 11.0. The maximum absolute atomic E-state index is 13.5. The lowest BCUT2D eigenvalue weighted by Crippen LogP contribution is -2.69. The normalized spacial score (nSPS) is 41.8. The van der Waals surface area contributed by atoms with Gasteiger partial charge >= 0.3 is 5.97 Å². The predicted octanol–water partition coefficient (Wildman–Crippen LogP) is 0.917. The quantitative estimate of drug-likeness (QED) is 0.406. The summed E-state index contributed by atoms with van der Waals surface area (Å²) >= 11 is 0. The fourth-order valence-corrected chi connectivity index (χ4v) is 6.94. The summed E-state index contributed by atoms with van der Waals surface area (Å²) in [6.07, 6.45) is 6.85. The molecule has 0 spiro atoms. The second kappa shape index (κ2) is 9.14. The van der Waals surface area contributed by atoms with Gasteiger partial charge in [0.1, 0.15) is 36.6 Å². The number of aliphatic hydroxyl groups excluding tert-OH is 1. The molecule has 2 N–H and O–H groups in total. The maximum atomic E-state index is 13.5. The maximum Gasteiger partial charge on any atom is 0.327 e. The summed E-state index contributed by atoms with van der Waals surface area (Å²) in [7, 11) is 0. The summed E-state index contributed by atoms with van der Waals surface area (Å²) in [4.78, 5) is 33.1. The van der Waals surface area contributed by atoms with Gasteiger partial charge in [-0.2, -0.15) is 5.06 Å². The largest absolute Gasteiger partial charge is 0.458 e. The molecule has 10 nitrogen and oxygen atoms in total. The molecule has 2 bridgehead atoms. The van der Waals surface area contributed by atoms with Crippen LogP contribution >= 0.6 is 0 Å². The molecule has 7 rings (SSSR count). The van der Waals surface area contributed by atoms with Crippen LogP contribution in [0, 0.1) is 11.3 Å². The fourth-order valence-electron chi connectivity index (χ4n) is 6.94. The Kier molecular flexibility index (Phi) is 5.87.